The molecule has 4 rings (SSSR count). The van der Waals surface area contributed by atoms with Gasteiger partial charge in [0.15, 0.2) is 0 Å². The van der Waals surface area contributed by atoms with Gasteiger partial charge in [-0.25, -0.2) is 0 Å². The lowest BCUT2D eigenvalue weighted by molar-refractivity contribution is -0.148. The van der Waals surface area contributed by atoms with Crippen molar-refractivity contribution in [2.75, 3.05) is 0 Å². The van der Waals surface area contributed by atoms with Gasteiger partial charge in [0.1, 0.15) is 5.78 Å². The molecule has 0 aliphatic heterocycles. The minimum atomic E-state index is -0.646. The molecule has 1 N–H and O–H groups in total. The Morgan fingerprint density at radius 1 is 1.08 bits per heavy atom. The molecule has 0 heterocycles. The highest BCUT2D eigenvalue weighted by Gasteiger charge is 2.63. The largest absolute Gasteiger partial charge is 0.385 e. The monoisotopic (exact) mass is 394 g/mol. The van der Waals surface area contributed by atoms with Crippen molar-refractivity contribution in [1.82, 2.24) is 0 Å². The van der Waals surface area contributed by atoms with E-state index in [9.17, 15) is 9.90 Å². The number of halogens is 1. The van der Waals surface area contributed by atoms with Gasteiger partial charge in [0.25, 0.3) is 0 Å². The van der Waals surface area contributed by atoms with Crippen LogP contribution in [-0.4, -0.2) is 16.5 Å². The van der Waals surface area contributed by atoms with Gasteiger partial charge in [-0.3, -0.25) is 4.79 Å². The molecule has 0 saturated heterocycles. The summed E-state index contributed by atoms with van der Waals surface area (Å²) in [6.07, 6.45) is 11.7. The molecule has 24 heavy (non-hydrogen) atoms. The maximum Gasteiger partial charge on any atom is 0.133 e. The number of aliphatic hydroxyl groups is 1. The summed E-state index contributed by atoms with van der Waals surface area (Å²) in [6, 6.07) is 0. The lowest BCUT2D eigenvalue weighted by Gasteiger charge is -2.60. The molecule has 4 fully saturated rings. The molecule has 2 unspecified atom stereocenters. The van der Waals surface area contributed by atoms with Crippen molar-refractivity contribution in [3.63, 3.8) is 0 Å². The number of carbonyl (C=O) groups is 1. The molecule has 0 amide bonds. The van der Waals surface area contributed by atoms with Crippen LogP contribution >= 0.6 is 15.9 Å². The van der Waals surface area contributed by atoms with E-state index in [1.165, 1.54) is 19.3 Å². The molecule has 0 aromatic carbocycles. The van der Waals surface area contributed by atoms with Gasteiger partial charge in [0.2, 0.25) is 0 Å². The average Bonchev–Trinajstić information content (AvgIpc) is 2.80. The minimum absolute atomic E-state index is 0.0200. The van der Waals surface area contributed by atoms with Gasteiger partial charge in [-0.1, -0.05) is 29.8 Å². The summed E-state index contributed by atoms with van der Waals surface area (Å²) in [5, 5.41) is 11.3. The van der Waals surface area contributed by atoms with Crippen LogP contribution in [0.25, 0.3) is 0 Å². The van der Waals surface area contributed by atoms with Crippen LogP contribution in [0.4, 0.5) is 0 Å². The molecule has 3 heteroatoms. The second kappa shape index (κ2) is 5.67. The summed E-state index contributed by atoms with van der Waals surface area (Å²) >= 11 is 3.39. The zero-order valence-corrected chi connectivity index (χ0v) is 16.6. The Hall–Kier alpha value is -0.150. The zero-order valence-electron chi connectivity index (χ0n) is 15.1. The Kier molecular flexibility index (Phi) is 4.08. The van der Waals surface area contributed by atoms with Crippen LogP contribution in [0.5, 0.6) is 0 Å². The number of ketones is 1. The highest BCUT2D eigenvalue weighted by Crippen LogP contribution is 2.68. The molecular weight excluding hydrogens is 364 g/mol. The maximum atomic E-state index is 12.0. The first-order valence-electron chi connectivity index (χ1n) is 9.86. The first-order chi connectivity index (χ1) is 11.3. The van der Waals surface area contributed by atoms with Crippen LogP contribution in [0.15, 0.2) is 11.1 Å². The van der Waals surface area contributed by atoms with Gasteiger partial charge in [-0.05, 0) is 85.1 Å². The van der Waals surface area contributed by atoms with Crippen LogP contribution < -0.4 is 0 Å². The first-order valence-corrected chi connectivity index (χ1v) is 10.8. The molecule has 2 nitrogen and oxygen atoms in total. The quantitative estimate of drug-likeness (QED) is 0.660. The number of fused-ring (bicyclic) bond motifs is 5. The fourth-order valence-electron chi connectivity index (χ4n) is 7.47. The van der Waals surface area contributed by atoms with Crippen LogP contribution in [-0.2, 0) is 4.79 Å². The van der Waals surface area contributed by atoms with E-state index in [0.29, 0.717) is 23.0 Å². The topological polar surface area (TPSA) is 37.3 Å². The van der Waals surface area contributed by atoms with Crippen molar-refractivity contribution >= 4 is 21.7 Å². The van der Waals surface area contributed by atoms with Gasteiger partial charge in [-0.15, -0.1) is 0 Å². The van der Waals surface area contributed by atoms with Crippen molar-refractivity contribution in [2.24, 2.45) is 34.5 Å². The van der Waals surface area contributed by atoms with E-state index in [4.69, 9.17) is 0 Å². The molecule has 4 saturated carbocycles. The second-order valence-corrected chi connectivity index (χ2v) is 10.1. The fourth-order valence-corrected chi connectivity index (χ4v) is 7.91. The summed E-state index contributed by atoms with van der Waals surface area (Å²) in [5.74, 6) is 3.26. The molecule has 0 aromatic rings. The highest BCUT2D eigenvalue weighted by atomic mass is 79.9. The number of rotatable bonds is 1. The van der Waals surface area contributed by atoms with Gasteiger partial charge in [-0.2, -0.15) is 0 Å². The predicted octanol–water partition coefficient (Wildman–Crippen LogP) is 5.24. The Labute approximate surface area is 154 Å². The molecule has 7 atom stereocenters. The molecule has 0 bridgehead atoms. The molecule has 4 aliphatic rings. The van der Waals surface area contributed by atoms with Crippen LogP contribution in [0.1, 0.15) is 71.6 Å². The summed E-state index contributed by atoms with van der Waals surface area (Å²) < 4.78 is 0. The van der Waals surface area contributed by atoms with Gasteiger partial charge < -0.3 is 5.11 Å². The maximum absolute atomic E-state index is 12.0. The molecular formula is C21H31BrO2. The minimum Gasteiger partial charge on any atom is -0.385 e. The third-order valence-electron chi connectivity index (χ3n) is 9.04. The first kappa shape index (κ1) is 17.3. The molecule has 0 aromatic heterocycles. The van der Waals surface area contributed by atoms with Crippen molar-refractivity contribution in [2.45, 2.75) is 77.2 Å². The average molecular weight is 395 g/mol. The zero-order chi connectivity index (χ0) is 17.2. The second-order valence-electron chi connectivity index (χ2n) is 9.61. The van der Waals surface area contributed by atoms with Crippen molar-refractivity contribution in [3.05, 3.63) is 11.1 Å². The van der Waals surface area contributed by atoms with Crippen LogP contribution in [0.2, 0.25) is 0 Å². The Morgan fingerprint density at radius 3 is 2.58 bits per heavy atom. The summed E-state index contributed by atoms with van der Waals surface area (Å²) in [5.41, 5.74) is -0.261. The lowest BCUT2D eigenvalue weighted by atomic mass is 9.44. The van der Waals surface area contributed by atoms with Crippen molar-refractivity contribution in [3.8, 4) is 0 Å². The Bertz CT molecular complexity index is 572. The summed E-state index contributed by atoms with van der Waals surface area (Å²) in [6.45, 7) is 4.83. The van der Waals surface area contributed by atoms with Gasteiger partial charge in [0.05, 0.1) is 5.60 Å². The molecule has 0 spiro atoms. The number of Topliss-reactive ketones (excluding diaryl/α,β-unsaturated/α-hetero) is 1. The summed E-state index contributed by atoms with van der Waals surface area (Å²) in [4.78, 5) is 13.8. The summed E-state index contributed by atoms with van der Waals surface area (Å²) in [7, 11) is 0. The van der Waals surface area contributed by atoms with E-state index in [0.717, 1.165) is 50.4 Å². The third-order valence-corrected chi connectivity index (χ3v) is 9.30. The fraction of sp³-hybridized carbons (Fsp3) is 0.857. The van der Waals surface area contributed by atoms with E-state index in [1.54, 1.807) is 0 Å². The van der Waals surface area contributed by atoms with E-state index in [1.807, 2.05) is 11.1 Å². The third kappa shape index (κ3) is 2.19. The molecule has 0 radical (unpaired) electrons. The standard InChI is InChI=1S/C21H31BrO2/c1-19-8-5-15(23)13-14(19)3-4-16-17(19)6-9-20(2)18(16)7-10-21(20,24)11-12-22/h11-12,14,16-18,24H,3-10,13H2,1-2H3/b12-11-/t14?,16-,17-,18+,19+,20+,21?/m1/s1. The highest BCUT2D eigenvalue weighted by molar-refractivity contribution is 9.11. The SMILES string of the molecule is C[C@]12CCC(=O)CC1CC[C@@H]1[C@H]2CC[C@@]2(C)[C@H]1CCC2(O)/C=C\Br. The van der Waals surface area contributed by atoms with E-state index >= 15 is 0 Å². The lowest BCUT2D eigenvalue weighted by Crippen LogP contribution is -2.56. The van der Waals surface area contributed by atoms with Gasteiger partial charge >= 0.3 is 0 Å². The van der Waals surface area contributed by atoms with Crippen molar-refractivity contribution < 1.29 is 9.90 Å². The normalized spacial score (nSPS) is 54.4. The van der Waals surface area contributed by atoms with Crippen LogP contribution in [0.3, 0.4) is 0 Å². The predicted molar refractivity (Wildman–Crippen MR) is 99.8 cm³/mol. The smallest absolute Gasteiger partial charge is 0.133 e. The Morgan fingerprint density at radius 2 is 1.83 bits per heavy atom. The van der Waals surface area contributed by atoms with Crippen LogP contribution in [0, 0.1) is 34.5 Å². The van der Waals surface area contributed by atoms with E-state index in [2.05, 4.69) is 29.8 Å². The molecule has 4 aliphatic carbocycles. The van der Waals surface area contributed by atoms with E-state index in [-0.39, 0.29) is 5.41 Å². The number of hydrogen-bond donors (Lipinski definition) is 1. The molecule has 134 valence electrons. The van der Waals surface area contributed by atoms with Gasteiger partial charge in [0, 0.05) is 18.3 Å². The Balaban J connectivity index is 1.64. The number of carbonyl (C=O) groups excluding carboxylic acids is 1. The van der Waals surface area contributed by atoms with E-state index < -0.39 is 5.60 Å². The van der Waals surface area contributed by atoms with Crippen molar-refractivity contribution in [1.29, 1.82) is 0 Å². The number of hydrogen-bond acceptors (Lipinski definition) is 2.